The van der Waals surface area contributed by atoms with Gasteiger partial charge in [0.15, 0.2) is 0 Å². The Hall–Kier alpha value is -3.22. The van der Waals surface area contributed by atoms with Crippen molar-refractivity contribution < 1.29 is 24.9 Å². The van der Waals surface area contributed by atoms with Crippen molar-refractivity contribution in [1.29, 1.82) is 0 Å². The van der Waals surface area contributed by atoms with Gasteiger partial charge >= 0.3 is 6.03 Å². The topological polar surface area (TPSA) is 147 Å². The molecule has 2 rings (SSSR count). The number of urea groups is 1. The maximum Gasteiger partial charge on any atom is 0.309 e. The highest BCUT2D eigenvalue weighted by atomic mass is 16.3. The molecule has 2 aromatic carbocycles. The number of benzene rings is 2. The van der Waals surface area contributed by atoms with Crippen molar-refractivity contribution in [2.24, 2.45) is 11.5 Å². The highest BCUT2D eigenvalue weighted by Gasteiger charge is 1.85. The number of amides is 2. The highest BCUT2D eigenvalue weighted by molar-refractivity contribution is 5.69. The number of phenols is 3. The molecule has 0 unspecified atom stereocenters. The van der Waals surface area contributed by atoms with E-state index in [-0.39, 0.29) is 11.5 Å². The lowest BCUT2D eigenvalue weighted by Gasteiger charge is -1.89. The molecule has 0 spiro atoms. The van der Waals surface area contributed by atoms with Gasteiger partial charge in [-0.05, 0) is 24.3 Å². The van der Waals surface area contributed by atoms with Crippen LogP contribution in [0.25, 0.3) is 0 Å². The number of primary amides is 2. The average Bonchev–Trinajstić information content (AvgIpc) is 2.41. The molecule has 0 radical (unpaired) electrons. The minimum atomic E-state index is -0.833. The fourth-order valence-electron chi connectivity index (χ4n) is 0.921. The lowest BCUT2D eigenvalue weighted by Crippen LogP contribution is -2.18. The van der Waals surface area contributed by atoms with E-state index in [2.05, 4.69) is 11.5 Å². The highest BCUT2D eigenvalue weighted by Crippen LogP contribution is 2.14. The van der Waals surface area contributed by atoms with Crippen molar-refractivity contribution in [3.63, 3.8) is 0 Å². The van der Waals surface area contributed by atoms with E-state index >= 15 is 0 Å². The summed E-state index contributed by atoms with van der Waals surface area (Å²) in [7, 11) is 0. The van der Waals surface area contributed by atoms with Crippen LogP contribution in [0, 0.1) is 0 Å². The summed E-state index contributed by atoms with van der Waals surface area (Å²) < 4.78 is 0. The van der Waals surface area contributed by atoms with Crippen LogP contribution in [0.4, 0.5) is 4.79 Å². The van der Waals surface area contributed by atoms with Crippen LogP contribution < -0.4 is 11.5 Å². The summed E-state index contributed by atoms with van der Waals surface area (Å²) in [6, 6.07) is 13.7. The molecule has 0 saturated heterocycles. The van der Waals surface area contributed by atoms with Crippen LogP contribution in [0.15, 0.2) is 54.6 Å². The van der Waals surface area contributed by atoms with Gasteiger partial charge in [-0.25, -0.2) is 4.79 Å². The first-order valence-electron chi connectivity index (χ1n) is 5.47. The zero-order valence-corrected chi connectivity index (χ0v) is 11.2. The molecule has 21 heavy (non-hydrogen) atoms. The summed E-state index contributed by atoms with van der Waals surface area (Å²) in [6.07, 6.45) is 0. The van der Waals surface area contributed by atoms with Crippen LogP contribution in [0.2, 0.25) is 0 Å². The minimum Gasteiger partial charge on any atom is -0.508 e. The number of nitrogens with two attached hydrogens (primary N) is 2. The molecule has 0 aliphatic carbocycles. The number of phenolic OH excluding ortho intramolecular Hbond substituents is 3. The molecule has 0 heterocycles. The summed E-state index contributed by atoms with van der Waals surface area (Å²) in [5.41, 5.74) is 8.50. The fraction of sp³-hybridized carbons (Fsp3) is 0. The Morgan fingerprint density at radius 3 is 1.29 bits per heavy atom. The molecule has 114 valence electrons. The van der Waals surface area contributed by atoms with Crippen molar-refractivity contribution in [1.82, 2.24) is 0 Å². The minimum absolute atomic E-state index is 0.0880. The zero-order valence-electron chi connectivity index (χ0n) is 11.2. The fourth-order valence-corrected chi connectivity index (χ4v) is 0.921. The van der Waals surface area contributed by atoms with E-state index in [9.17, 15) is 0 Å². The van der Waals surface area contributed by atoms with E-state index in [0.29, 0.717) is 5.75 Å². The average molecular weight is 294 g/mol. The summed E-state index contributed by atoms with van der Waals surface area (Å²) in [5, 5.41) is 25.9. The molecule has 0 saturated carbocycles. The van der Waals surface area contributed by atoms with Crippen molar-refractivity contribution in [3.8, 4) is 17.2 Å². The van der Waals surface area contributed by atoms with E-state index in [1.165, 1.54) is 18.2 Å². The van der Waals surface area contributed by atoms with Crippen molar-refractivity contribution in [2.75, 3.05) is 0 Å². The Kier molecular flexibility index (Phi) is 12.7. The van der Waals surface area contributed by atoms with Gasteiger partial charge in [0.1, 0.15) is 24.0 Å². The van der Waals surface area contributed by atoms with Crippen molar-refractivity contribution in [3.05, 3.63) is 54.6 Å². The van der Waals surface area contributed by atoms with Crippen LogP contribution in [-0.2, 0) is 4.79 Å². The van der Waals surface area contributed by atoms with E-state index in [4.69, 9.17) is 24.9 Å². The smallest absolute Gasteiger partial charge is 0.309 e. The number of aromatic hydroxyl groups is 3. The van der Waals surface area contributed by atoms with E-state index < -0.39 is 6.03 Å². The molecule has 0 bridgehead atoms. The summed E-state index contributed by atoms with van der Waals surface area (Å²) in [4.78, 5) is 17.0. The maximum atomic E-state index is 9.00. The first-order valence-corrected chi connectivity index (χ1v) is 5.47. The second-order valence-corrected chi connectivity index (χ2v) is 3.26. The third-order valence-corrected chi connectivity index (χ3v) is 1.59. The molecule has 0 aliphatic rings. The van der Waals surface area contributed by atoms with Gasteiger partial charge in [0.25, 0.3) is 0 Å². The second kappa shape index (κ2) is 13.2. The Bertz CT molecular complexity index is 484. The van der Waals surface area contributed by atoms with E-state index in [0.717, 1.165) is 0 Å². The molecule has 2 aromatic rings. The van der Waals surface area contributed by atoms with Crippen molar-refractivity contribution in [2.45, 2.75) is 0 Å². The summed E-state index contributed by atoms with van der Waals surface area (Å²) >= 11 is 0. The number of para-hydroxylation sites is 1. The molecule has 0 aliphatic heterocycles. The van der Waals surface area contributed by atoms with Crippen LogP contribution in [-0.4, -0.2) is 28.1 Å². The number of hydrogen-bond acceptors (Lipinski definition) is 5. The molecule has 0 atom stereocenters. The third-order valence-electron chi connectivity index (χ3n) is 1.59. The van der Waals surface area contributed by atoms with Gasteiger partial charge in [-0.2, -0.15) is 0 Å². The molecule has 7 heteroatoms. The predicted molar refractivity (Wildman–Crippen MR) is 78.8 cm³/mol. The van der Waals surface area contributed by atoms with Crippen molar-refractivity contribution >= 4 is 12.8 Å². The quantitative estimate of drug-likeness (QED) is 0.497. The number of carbonyl (C=O) groups excluding carboxylic acids is 2. The van der Waals surface area contributed by atoms with Gasteiger partial charge in [-0.1, -0.05) is 24.3 Å². The van der Waals surface area contributed by atoms with Crippen LogP contribution in [0.3, 0.4) is 0 Å². The lowest BCUT2D eigenvalue weighted by atomic mass is 10.3. The number of hydrogen-bond donors (Lipinski definition) is 5. The first-order chi connectivity index (χ1) is 9.91. The molecule has 0 fully saturated rings. The largest absolute Gasteiger partial charge is 0.508 e. The first kappa shape index (κ1) is 20.1. The van der Waals surface area contributed by atoms with E-state index in [1.807, 2.05) is 12.9 Å². The Balaban J connectivity index is 0. The maximum absolute atomic E-state index is 9.00. The Morgan fingerprint density at radius 1 is 0.762 bits per heavy atom. The Morgan fingerprint density at radius 2 is 1.10 bits per heavy atom. The van der Waals surface area contributed by atoms with Gasteiger partial charge in [-0.3, -0.25) is 0 Å². The summed E-state index contributed by atoms with van der Waals surface area (Å²) in [5.74, 6) is 0.498. The molecule has 0 aromatic heterocycles. The van der Waals surface area contributed by atoms with Crippen LogP contribution >= 0.6 is 0 Å². The molecule has 7 nitrogen and oxygen atoms in total. The second-order valence-electron chi connectivity index (χ2n) is 3.26. The lowest BCUT2D eigenvalue weighted by molar-refractivity contribution is -0.0980. The third kappa shape index (κ3) is 16.8. The number of carbonyl (C=O) groups is 2. The monoisotopic (exact) mass is 294 g/mol. The molecular formula is C14H18N2O5. The van der Waals surface area contributed by atoms with Gasteiger partial charge in [-0.15, -0.1) is 0 Å². The van der Waals surface area contributed by atoms with Gasteiger partial charge in [0.2, 0.25) is 0 Å². The van der Waals surface area contributed by atoms with Crippen LogP contribution in [0.5, 0.6) is 17.2 Å². The normalized spacial score (nSPS) is 7.62. The molecule has 2 amide bonds. The molecule has 7 N–H and O–H groups in total. The molecular weight excluding hydrogens is 276 g/mol. The van der Waals surface area contributed by atoms with Gasteiger partial charge in [0, 0.05) is 6.07 Å². The van der Waals surface area contributed by atoms with Gasteiger partial charge in [0.05, 0.1) is 0 Å². The SMILES string of the molecule is C=O.NC(N)=O.Oc1cccc(O)c1.Oc1ccccc1. The van der Waals surface area contributed by atoms with Gasteiger partial charge < -0.3 is 31.6 Å². The standard InChI is InChI=1S/C6H6O2.C6H6O.CH4N2O.CH2O/c7-5-2-1-3-6(8)4-5;7-6-4-2-1-3-5-6;2-1(3)4;1-2/h1-4,7-8H;1-5,7H;(H4,2,3,4);1H2. The zero-order chi connectivity index (χ0) is 16.7. The number of rotatable bonds is 0. The van der Waals surface area contributed by atoms with Crippen LogP contribution in [0.1, 0.15) is 0 Å². The summed E-state index contributed by atoms with van der Waals surface area (Å²) in [6.45, 7) is 2.00. The Labute approximate surface area is 122 Å². The predicted octanol–water partition coefficient (Wildman–Crippen LogP) is 1.33. The van der Waals surface area contributed by atoms with E-state index in [1.54, 1.807) is 30.3 Å².